The Balaban J connectivity index is 0.000000172. The molecular formula is C48H51N7O9. The van der Waals surface area contributed by atoms with Gasteiger partial charge in [0, 0.05) is 68.6 Å². The van der Waals surface area contributed by atoms with Crippen molar-refractivity contribution in [3.63, 3.8) is 0 Å². The average Bonchev–Trinajstić information content (AvgIpc) is 4.08. The minimum atomic E-state index is -0.751. The minimum absolute atomic E-state index is 0.0503. The summed E-state index contributed by atoms with van der Waals surface area (Å²) in [5, 5.41) is 19.6. The molecule has 16 nitrogen and oxygen atoms in total. The van der Waals surface area contributed by atoms with Gasteiger partial charge in [-0.3, -0.25) is 44.3 Å². The lowest BCUT2D eigenvalue weighted by atomic mass is 9.77. The van der Waals surface area contributed by atoms with E-state index in [0.717, 1.165) is 104 Å². The van der Waals surface area contributed by atoms with E-state index in [9.17, 15) is 33.9 Å². The second-order valence-electron chi connectivity index (χ2n) is 18.0. The van der Waals surface area contributed by atoms with Crippen molar-refractivity contribution in [3.8, 4) is 11.5 Å². The molecule has 3 aromatic carbocycles. The summed E-state index contributed by atoms with van der Waals surface area (Å²) < 4.78 is 12.3. The van der Waals surface area contributed by atoms with Crippen LogP contribution < -0.4 is 25.4 Å². The number of likely N-dealkylation sites (tertiary alicyclic amines) is 1. The number of aliphatic hydroxyl groups is 1. The molecule has 2 unspecified atom stereocenters. The smallest absolute Gasteiger partial charge is 0.255 e. The summed E-state index contributed by atoms with van der Waals surface area (Å²) in [7, 11) is 0. The molecule has 7 heterocycles. The maximum absolute atomic E-state index is 13.0. The molecule has 0 radical (unpaired) electrons. The molecule has 16 heteroatoms. The van der Waals surface area contributed by atoms with E-state index in [1.807, 2.05) is 36.4 Å². The van der Waals surface area contributed by atoms with Gasteiger partial charge in [-0.1, -0.05) is 12.1 Å². The molecule has 6 aliphatic heterocycles. The van der Waals surface area contributed by atoms with E-state index in [1.54, 1.807) is 21.9 Å². The van der Waals surface area contributed by atoms with Crippen molar-refractivity contribution in [2.24, 2.45) is 0 Å². The normalized spacial score (nSPS) is 25.1. The first-order valence-electron chi connectivity index (χ1n) is 22.4. The number of hydrogen-bond acceptors (Lipinski definition) is 12. The van der Waals surface area contributed by atoms with Crippen molar-refractivity contribution in [1.82, 2.24) is 35.6 Å². The monoisotopic (exact) mass is 869 g/mol. The highest BCUT2D eigenvalue weighted by Crippen LogP contribution is 2.41. The zero-order valence-corrected chi connectivity index (χ0v) is 35.5. The number of rotatable bonds is 9. The van der Waals surface area contributed by atoms with Gasteiger partial charge in [-0.2, -0.15) is 0 Å². The van der Waals surface area contributed by atoms with Crippen LogP contribution in [0.3, 0.4) is 0 Å². The van der Waals surface area contributed by atoms with Crippen LogP contribution in [0, 0.1) is 0 Å². The summed E-state index contributed by atoms with van der Waals surface area (Å²) in [6.07, 6.45) is 5.94. The number of fused-ring (bicyclic) bond motifs is 3. The third-order valence-corrected chi connectivity index (χ3v) is 13.7. The molecule has 7 aliphatic rings. The predicted octanol–water partition coefficient (Wildman–Crippen LogP) is 3.21. The lowest BCUT2D eigenvalue weighted by Crippen LogP contribution is -2.52. The number of carbonyl (C=O) groups excluding carboxylic acids is 6. The Labute approximate surface area is 369 Å². The van der Waals surface area contributed by atoms with Crippen LogP contribution in [0.2, 0.25) is 0 Å². The molecule has 11 rings (SSSR count). The molecule has 332 valence electrons. The van der Waals surface area contributed by atoms with Crippen molar-refractivity contribution in [2.45, 2.75) is 107 Å². The predicted molar refractivity (Wildman–Crippen MR) is 231 cm³/mol. The van der Waals surface area contributed by atoms with Gasteiger partial charge in [0.05, 0.1) is 11.2 Å². The average molecular weight is 870 g/mol. The first-order valence-corrected chi connectivity index (χ1v) is 22.4. The van der Waals surface area contributed by atoms with Gasteiger partial charge in [0.1, 0.15) is 41.4 Å². The van der Waals surface area contributed by atoms with Crippen LogP contribution in [0.5, 0.6) is 11.5 Å². The molecule has 4 atom stereocenters. The molecule has 1 aromatic heterocycles. The lowest BCUT2D eigenvalue weighted by Gasteiger charge is -2.36. The van der Waals surface area contributed by atoms with Crippen molar-refractivity contribution in [2.75, 3.05) is 26.2 Å². The van der Waals surface area contributed by atoms with Crippen molar-refractivity contribution in [1.29, 1.82) is 0 Å². The Bertz CT molecular complexity index is 2570. The third kappa shape index (κ3) is 8.32. The van der Waals surface area contributed by atoms with Crippen LogP contribution in [0.25, 0.3) is 10.9 Å². The van der Waals surface area contributed by atoms with Crippen molar-refractivity contribution >= 4 is 46.3 Å². The third-order valence-electron chi connectivity index (χ3n) is 13.7. The first-order chi connectivity index (χ1) is 31.0. The standard InChI is InChI=1S/C31H32N4O5.C17H19N3O4/c36-28-9-7-26(29(37)33-28)35-17-21-15-22(4-5-24(21)30(35)38)40-23-10-13-34(18-23)16-19-2-6-25-20(14-19)3-8-27(32-25)31(39)11-1-12-31;21-15-4-3-14(16(22)19-15)20-9-10-7-11(1-2-13(10)17(20)23)24-12-5-6-18-8-12/h2-6,8,14-15,23,26,39H,1,7,9-13,16-18H2,(H,33,36,37);1-2,7,12,14,18H,3-6,8-9H2,(H,19,21,22)/t23-,26?;12-,14?/m00/s1. The Morgan fingerprint density at radius 3 is 1.89 bits per heavy atom. The second-order valence-corrected chi connectivity index (χ2v) is 18.0. The van der Waals surface area contributed by atoms with Crippen molar-refractivity contribution in [3.05, 3.63) is 100 Å². The van der Waals surface area contributed by atoms with E-state index in [0.29, 0.717) is 37.1 Å². The Hall–Kier alpha value is -6.23. The Kier molecular flexibility index (Phi) is 11.1. The zero-order chi connectivity index (χ0) is 44.1. The fourth-order valence-corrected chi connectivity index (χ4v) is 9.96. The number of benzene rings is 3. The van der Waals surface area contributed by atoms with Gasteiger partial charge in [0.2, 0.25) is 23.6 Å². The molecule has 0 bridgehead atoms. The molecule has 4 aromatic rings. The summed E-state index contributed by atoms with van der Waals surface area (Å²) >= 11 is 0. The molecule has 5 fully saturated rings. The summed E-state index contributed by atoms with van der Waals surface area (Å²) in [5.41, 5.74) is 5.07. The number of piperidine rings is 2. The van der Waals surface area contributed by atoms with E-state index in [-0.39, 0.29) is 54.6 Å². The number of nitrogens with one attached hydrogen (secondary N) is 3. The number of carbonyl (C=O) groups is 6. The van der Waals surface area contributed by atoms with Crippen LogP contribution in [-0.4, -0.2) is 111 Å². The number of pyridine rings is 1. The zero-order valence-electron chi connectivity index (χ0n) is 35.5. The number of ether oxygens (including phenoxy) is 2. The summed E-state index contributed by atoms with van der Waals surface area (Å²) in [6, 6.07) is 20.1. The summed E-state index contributed by atoms with van der Waals surface area (Å²) in [6.45, 7) is 5.06. The van der Waals surface area contributed by atoms with E-state index >= 15 is 0 Å². The summed E-state index contributed by atoms with van der Waals surface area (Å²) in [5.74, 6) is -0.216. The van der Waals surface area contributed by atoms with Crippen molar-refractivity contribution < 1.29 is 43.3 Å². The molecule has 4 saturated heterocycles. The molecular weight excluding hydrogens is 819 g/mol. The van der Waals surface area contributed by atoms with Gasteiger partial charge < -0.3 is 29.7 Å². The molecule has 0 spiro atoms. The van der Waals surface area contributed by atoms with Crippen LogP contribution in [0.15, 0.2) is 66.7 Å². The largest absolute Gasteiger partial charge is 0.489 e. The van der Waals surface area contributed by atoms with Gasteiger partial charge in [0.15, 0.2) is 0 Å². The number of nitrogens with zero attached hydrogens (tertiary/aromatic N) is 4. The Morgan fingerprint density at radius 2 is 1.33 bits per heavy atom. The SMILES string of the molecule is O=C1CCC(N2Cc3cc(O[C@H]4CCN(Cc5ccc6nc(C7(O)CCC7)ccc6c5)C4)ccc3C2=O)C(=O)N1.O=C1CCC(N2Cc3cc(O[C@H]4CCNC4)ccc3C2=O)C(=O)N1. The fraction of sp³-hybridized carbons (Fsp3) is 0.438. The molecule has 64 heavy (non-hydrogen) atoms. The Morgan fingerprint density at radius 1 is 0.703 bits per heavy atom. The van der Waals surface area contributed by atoms with Gasteiger partial charge in [-0.05, 0) is 123 Å². The van der Waals surface area contributed by atoms with Gasteiger partial charge in [-0.15, -0.1) is 0 Å². The van der Waals surface area contributed by atoms with E-state index < -0.39 is 23.6 Å². The van der Waals surface area contributed by atoms with Gasteiger partial charge in [-0.25, -0.2) is 4.98 Å². The summed E-state index contributed by atoms with van der Waals surface area (Å²) in [4.78, 5) is 82.9. The van der Waals surface area contributed by atoms with Crippen LogP contribution >= 0.6 is 0 Å². The quantitative estimate of drug-likeness (QED) is 0.180. The molecule has 4 N–H and O–H groups in total. The molecule has 1 aliphatic carbocycles. The number of hydrogen-bond donors (Lipinski definition) is 4. The van der Waals surface area contributed by atoms with Crippen LogP contribution in [-0.2, 0) is 44.4 Å². The number of aromatic nitrogens is 1. The molecule has 1 saturated carbocycles. The second kappa shape index (κ2) is 17.0. The van der Waals surface area contributed by atoms with Crippen LogP contribution in [0.4, 0.5) is 0 Å². The number of amides is 6. The highest BCUT2D eigenvalue weighted by atomic mass is 16.5. The minimum Gasteiger partial charge on any atom is -0.489 e. The maximum Gasteiger partial charge on any atom is 0.255 e. The fourth-order valence-electron chi connectivity index (χ4n) is 9.96. The highest BCUT2D eigenvalue weighted by Gasteiger charge is 2.41. The van der Waals surface area contributed by atoms with E-state index in [1.165, 1.54) is 5.56 Å². The van der Waals surface area contributed by atoms with Gasteiger partial charge >= 0.3 is 0 Å². The number of imide groups is 2. The highest BCUT2D eigenvalue weighted by molar-refractivity contribution is 6.06. The van der Waals surface area contributed by atoms with E-state index in [4.69, 9.17) is 14.5 Å². The van der Waals surface area contributed by atoms with E-state index in [2.05, 4.69) is 39.0 Å². The lowest BCUT2D eigenvalue weighted by molar-refractivity contribution is -0.138. The maximum atomic E-state index is 13.0. The first kappa shape index (κ1) is 41.8. The topological polar surface area (TPSA) is 200 Å². The van der Waals surface area contributed by atoms with Crippen LogP contribution in [0.1, 0.15) is 101 Å². The molecule has 6 amide bonds. The van der Waals surface area contributed by atoms with Gasteiger partial charge in [0.25, 0.3) is 11.8 Å².